The van der Waals surface area contributed by atoms with E-state index in [9.17, 15) is 0 Å². The molecule has 0 aromatic heterocycles. The minimum Gasteiger partial charge on any atom is -0.403 e. The van der Waals surface area contributed by atoms with E-state index in [1.54, 1.807) is 0 Å². The summed E-state index contributed by atoms with van der Waals surface area (Å²) in [5, 5.41) is 0.212. The largest absolute Gasteiger partial charge is 0.403 e. The Morgan fingerprint density at radius 1 is 1.50 bits per heavy atom. The zero-order valence-corrected chi connectivity index (χ0v) is 11.1. The number of terminal acetylenes is 1. The van der Waals surface area contributed by atoms with Gasteiger partial charge in [-0.05, 0) is 18.1 Å². The molecule has 0 radical (unpaired) electrons. The molecular formula is C12H22OSi. The van der Waals surface area contributed by atoms with Gasteiger partial charge in [-0.25, -0.2) is 0 Å². The van der Waals surface area contributed by atoms with E-state index >= 15 is 0 Å². The van der Waals surface area contributed by atoms with Crippen LogP contribution < -0.4 is 0 Å². The second-order valence-corrected chi connectivity index (χ2v) is 9.81. The molecule has 0 saturated carbocycles. The Morgan fingerprint density at radius 2 is 2.00 bits per heavy atom. The molecule has 0 aliphatic rings. The molecule has 0 bridgehead atoms. The number of rotatable bonds is 4. The zero-order chi connectivity index (χ0) is 11.4. The summed E-state index contributed by atoms with van der Waals surface area (Å²) in [5.41, 5.74) is 0. The predicted octanol–water partition coefficient (Wildman–Crippen LogP) is 3.59. The molecule has 0 aromatic rings. The van der Waals surface area contributed by atoms with Gasteiger partial charge in [-0.3, -0.25) is 0 Å². The lowest BCUT2D eigenvalue weighted by molar-refractivity contribution is 0.236. The van der Waals surface area contributed by atoms with Crippen LogP contribution in [0.15, 0.2) is 12.7 Å². The van der Waals surface area contributed by atoms with Gasteiger partial charge >= 0.3 is 0 Å². The van der Waals surface area contributed by atoms with Gasteiger partial charge in [-0.1, -0.05) is 32.8 Å². The van der Waals surface area contributed by atoms with Crippen LogP contribution in [0.25, 0.3) is 0 Å². The van der Waals surface area contributed by atoms with Crippen molar-refractivity contribution in [2.45, 2.75) is 51.4 Å². The summed E-state index contributed by atoms with van der Waals surface area (Å²) in [6, 6.07) is 0. The third kappa shape index (κ3) is 3.69. The summed E-state index contributed by atoms with van der Waals surface area (Å²) in [4.78, 5) is 0. The van der Waals surface area contributed by atoms with Crippen molar-refractivity contribution in [1.29, 1.82) is 0 Å². The number of hydrogen-bond donors (Lipinski definition) is 0. The second-order valence-electron chi connectivity index (χ2n) is 5.06. The van der Waals surface area contributed by atoms with E-state index in [1.165, 1.54) is 0 Å². The molecule has 0 N–H and O–H groups in total. The van der Waals surface area contributed by atoms with Crippen molar-refractivity contribution in [3.05, 3.63) is 12.7 Å². The third-order valence-corrected chi connectivity index (χ3v) is 7.30. The van der Waals surface area contributed by atoms with Crippen LogP contribution in [0.2, 0.25) is 18.1 Å². The van der Waals surface area contributed by atoms with Crippen LogP contribution in [-0.4, -0.2) is 14.4 Å². The first-order valence-electron chi connectivity index (χ1n) is 4.99. The predicted molar refractivity (Wildman–Crippen MR) is 65.7 cm³/mol. The van der Waals surface area contributed by atoms with Crippen molar-refractivity contribution in [3.63, 3.8) is 0 Å². The van der Waals surface area contributed by atoms with Crippen molar-refractivity contribution < 1.29 is 4.43 Å². The van der Waals surface area contributed by atoms with E-state index in [1.807, 2.05) is 6.08 Å². The molecule has 0 aliphatic heterocycles. The topological polar surface area (TPSA) is 9.23 Å². The second kappa shape index (κ2) is 4.81. The van der Waals surface area contributed by atoms with Crippen LogP contribution in [0.5, 0.6) is 0 Å². The molecule has 80 valence electrons. The van der Waals surface area contributed by atoms with Crippen LogP contribution in [-0.2, 0) is 4.43 Å². The van der Waals surface area contributed by atoms with Gasteiger partial charge in [-0.15, -0.1) is 13.0 Å². The molecular weight excluding hydrogens is 188 g/mol. The molecule has 2 heteroatoms. The van der Waals surface area contributed by atoms with Crippen molar-refractivity contribution in [2.75, 3.05) is 0 Å². The Labute approximate surface area is 89.7 Å². The summed E-state index contributed by atoms with van der Waals surface area (Å²) in [6.45, 7) is 14.7. The highest BCUT2D eigenvalue weighted by molar-refractivity contribution is 6.74. The Morgan fingerprint density at radius 3 is 2.29 bits per heavy atom. The minimum atomic E-state index is -1.72. The van der Waals surface area contributed by atoms with Crippen LogP contribution >= 0.6 is 0 Å². The van der Waals surface area contributed by atoms with Crippen molar-refractivity contribution in [3.8, 4) is 12.3 Å². The van der Waals surface area contributed by atoms with E-state index in [2.05, 4.69) is 46.4 Å². The molecule has 0 spiro atoms. The van der Waals surface area contributed by atoms with Gasteiger partial charge < -0.3 is 4.43 Å². The van der Waals surface area contributed by atoms with Crippen LogP contribution in [0.1, 0.15) is 27.2 Å². The van der Waals surface area contributed by atoms with Crippen molar-refractivity contribution >= 4 is 8.32 Å². The van der Waals surface area contributed by atoms with E-state index in [4.69, 9.17) is 10.8 Å². The maximum Gasteiger partial charge on any atom is 0.193 e. The number of hydrogen-bond acceptors (Lipinski definition) is 1. The molecule has 0 amide bonds. The van der Waals surface area contributed by atoms with Crippen LogP contribution in [0.3, 0.4) is 0 Å². The molecule has 0 saturated heterocycles. The molecule has 0 aliphatic carbocycles. The van der Waals surface area contributed by atoms with E-state index in [-0.39, 0.29) is 11.1 Å². The standard InChI is InChI=1S/C12H22OSi/c1-8-10-11(9-2)13-14(6,7)12(3,4)5/h2,8,11H,1,10H2,3-7H3/t11-/m1/s1. The quantitative estimate of drug-likeness (QED) is 0.391. The fraction of sp³-hybridized carbons (Fsp3) is 0.667. The first kappa shape index (κ1) is 13.5. The fourth-order valence-corrected chi connectivity index (χ4v) is 2.06. The molecule has 0 fully saturated rings. The molecule has 1 nitrogen and oxygen atoms in total. The lowest BCUT2D eigenvalue weighted by Gasteiger charge is -2.37. The highest BCUT2D eigenvalue weighted by atomic mass is 28.4. The summed E-state index contributed by atoms with van der Waals surface area (Å²) in [7, 11) is -1.72. The monoisotopic (exact) mass is 210 g/mol. The van der Waals surface area contributed by atoms with E-state index in [0.717, 1.165) is 6.42 Å². The zero-order valence-electron chi connectivity index (χ0n) is 10.1. The molecule has 14 heavy (non-hydrogen) atoms. The van der Waals surface area contributed by atoms with Gasteiger partial charge in [0.2, 0.25) is 0 Å². The highest BCUT2D eigenvalue weighted by Gasteiger charge is 2.38. The molecule has 0 aromatic carbocycles. The summed E-state index contributed by atoms with van der Waals surface area (Å²) < 4.78 is 6.02. The average Bonchev–Trinajstić information content (AvgIpc) is 2.01. The van der Waals surface area contributed by atoms with Gasteiger partial charge in [-0.2, -0.15) is 0 Å². The molecule has 1 atom stereocenters. The summed E-state index contributed by atoms with van der Waals surface area (Å²) in [6.07, 6.45) is 7.86. The van der Waals surface area contributed by atoms with Gasteiger partial charge in [0.25, 0.3) is 0 Å². The highest BCUT2D eigenvalue weighted by Crippen LogP contribution is 2.37. The van der Waals surface area contributed by atoms with Crippen molar-refractivity contribution in [2.24, 2.45) is 0 Å². The minimum absolute atomic E-state index is 0.103. The average molecular weight is 210 g/mol. The molecule has 0 heterocycles. The Balaban J connectivity index is 4.49. The van der Waals surface area contributed by atoms with Gasteiger partial charge in [0, 0.05) is 6.42 Å². The summed E-state index contributed by atoms with van der Waals surface area (Å²) >= 11 is 0. The Hall–Kier alpha value is -0.523. The fourth-order valence-electron chi connectivity index (χ4n) is 0.834. The van der Waals surface area contributed by atoms with Gasteiger partial charge in [0.1, 0.15) is 6.10 Å². The van der Waals surface area contributed by atoms with Crippen LogP contribution in [0, 0.1) is 12.3 Å². The summed E-state index contributed by atoms with van der Waals surface area (Å²) in [5.74, 6) is 2.67. The molecule has 0 unspecified atom stereocenters. The Kier molecular flexibility index (Phi) is 4.63. The van der Waals surface area contributed by atoms with Gasteiger partial charge in [0.05, 0.1) is 0 Å². The van der Waals surface area contributed by atoms with Crippen LogP contribution in [0.4, 0.5) is 0 Å². The van der Waals surface area contributed by atoms with Gasteiger partial charge in [0.15, 0.2) is 8.32 Å². The Bertz CT molecular complexity index is 230. The lowest BCUT2D eigenvalue weighted by atomic mass is 10.2. The van der Waals surface area contributed by atoms with Crippen molar-refractivity contribution in [1.82, 2.24) is 0 Å². The maximum absolute atomic E-state index is 6.02. The smallest absolute Gasteiger partial charge is 0.193 e. The maximum atomic E-state index is 6.02. The third-order valence-electron chi connectivity index (χ3n) is 2.81. The lowest BCUT2D eigenvalue weighted by Crippen LogP contribution is -2.43. The SMILES string of the molecule is C#C[C@H](CC=C)O[Si](C)(C)C(C)(C)C. The molecule has 0 rings (SSSR count). The first-order valence-corrected chi connectivity index (χ1v) is 7.90. The van der Waals surface area contributed by atoms with E-state index < -0.39 is 8.32 Å². The first-order chi connectivity index (χ1) is 6.24. The van der Waals surface area contributed by atoms with E-state index in [0.29, 0.717) is 0 Å². The normalized spacial score (nSPS) is 14.6.